The van der Waals surface area contributed by atoms with Crippen molar-refractivity contribution in [3.63, 3.8) is 0 Å². The lowest BCUT2D eigenvalue weighted by Gasteiger charge is -2.04. The quantitative estimate of drug-likeness (QED) is 0.517. The van der Waals surface area contributed by atoms with Crippen LogP contribution in [0.25, 0.3) is 0 Å². The molecular formula is C9H18N2O3. The molecule has 1 amide bonds. The molecule has 0 atom stereocenters. The van der Waals surface area contributed by atoms with E-state index in [1.807, 2.05) is 0 Å². The summed E-state index contributed by atoms with van der Waals surface area (Å²) in [5.41, 5.74) is 5.19. The van der Waals surface area contributed by atoms with E-state index in [1.54, 1.807) is 0 Å². The molecule has 82 valence electrons. The molecule has 3 N–H and O–H groups in total. The highest BCUT2D eigenvalue weighted by Gasteiger charge is 1.98. The fourth-order valence-corrected chi connectivity index (χ4v) is 0.800. The lowest BCUT2D eigenvalue weighted by atomic mass is 10.3. The van der Waals surface area contributed by atoms with Gasteiger partial charge in [-0.05, 0) is 6.92 Å². The van der Waals surface area contributed by atoms with Crippen molar-refractivity contribution >= 4 is 11.7 Å². The zero-order chi connectivity index (χ0) is 10.8. The summed E-state index contributed by atoms with van der Waals surface area (Å²) >= 11 is 0. The average Bonchev–Trinajstić information content (AvgIpc) is 2.11. The van der Waals surface area contributed by atoms with Crippen LogP contribution in [0.4, 0.5) is 0 Å². The molecule has 0 saturated carbocycles. The Balaban J connectivity index is 3.13. The van der Waals surface area contributed by atoms with Crippen molar-refractivity contribution in [1.29, 1.82) is 0 Å². The number of nitrogens with one attached hydrogen (secondary N) is 1. The number of carbonyl (C=O) groups is 2. The maximum absolute atomic E-state index is 10.9. The number of rotatable bonds is 8. The molecule has 0 aromatic heterocycles. The lowest BCUT2D eigenvalue weighted by Crippen LogP contribution is -2.28. The summed E-state index contributed by atoms with van der Waals surface area (Å²) in [5.74, 6) is 0.0415. The Morgan fingerprint density at radius 2 is 2.00 bits per heavy atom. The van der Waals surface area contributed by atoms with Crippen LogP contribution in [0.5, 0.6) is 0 Å². The monoisotopic (exact) mass is 202 g/mol. The summed E-state index contributed by atoms with van der Waals surface area (Å²) in [4.78, 5) is 21.4. The largest absolute Gasteiger partial charge is 0.379 e. The van der Waals surface area contributed by atoms with Gasteiger partial charge < -0.3 is 15.8 Å². The Morgan fingerprint density at radius 1 is 1.29 bits per heavy atom. The highest BCUT2D eigenvalue weighted by atomic mass is 16.5. The van der Waals surface area contributed by atoms with Crippen LogP contribution in [0, 0.1) is 0 Å². The highest BCUT2D eigenvalue weighted by Crippen LogP contribution is 1.83. The first-order valence-corrected chi connectivity index (χ1v) is 4.70. The first-order chi connectivity index (χ1) is 6.66. The molecule has 0 aromatic rings. The van der Waals surface area contributed by atoms with Gasteiger partial charge in [0.25, 0.3) is 0 Å². The molecule has 0 radical (unpaired) electrons. The summed E-state index contributed by atoms with van der Waals surface area (Å²) in [6.45, 7) is 3.20. The number of ketones is 1. The van der Waals surface area contributed by atoms with E-state index in [4.69, 9.17) is 10.5 Å². The van der Waals surface area contributed by atoms with Gasteiger partial charge in [-0.3, -0.25) is 9.59 Å². The minimum Gasteiger partial charge on any atom is -0.379 e. The number of nitrogens with two attached hydrogens (primary N) is 1. The molecule has 0 aliphatic rings. The van der Waals surface area contributed by atoms with Crippen molar-refractivity contribution in [2.75, 3.05) is 26.3 Å². The first kappa shape index (κ1) is 13.1. The average molecular weight is 202 g/mol. The van der Waals surface area contributed by atoms with Crippen LogP contribution in [0.2, 0.25) is 0 Å². The number of amides is 1. The zero-order valence-electron chi connectivity index (χ0n) is 8.54. The van der Waals surface area contributed by atoms with Crippen molar-refractivity contribution in [2.45, 2.75) is 19.8 Å². The van der Waals surface area contributed by atoms with Gasteiger partial charge >= 0.3 is 0 Å². The maximum atomic E-state index is 10.9. The SMILES string of the molecule is CC(=O)CCOCCNC(=O)CCN. The number of hydrogen-bond acceptors (Lipinski definition) is 4. The fraction of sp³-hybridized carbons (Fsp3) is 0.778. The number of ether oxygens (including phenoxy) is 1. The third-order valence-corrected chi connectivity index (χ3v) is 1.54. The third-order valence-electron chi connectivity index (χ3n) is 1.54. The van der Waals surface area contributed by atoms with E-state index in [2.05, 4.69) is 5.32 Å². The Labute approximate surface area is 84.0 Å². The van der Waals surface area contributed by atoms with E-state index in [0.717, 1.165) is 0 Å². The minimum absolute atomic E-state index is 0.0670. The molecule has 5 heteroatoms. The summed E-state index contributed by atoms with van der Waals surface area (Å²) < 4.78 is 5.11. The molecule has 0 spiro atoms. The predicted octanol–water partition coefficient (Wildman–Crippen LogP) is -0.553. The van der Waals surface area contributed by atoms with Gasteiger partial charge in [0.2, 0.25) is 5.91 Å². The molecule has 0 fully saturated rings. The normalized spacial score (nSPS) is 9.86. The van der Waals surface area contributed by atoms with Crippen molar-refractivity contribution in [3.05, 3.63) is 0 Å². The van der Waals surface area contributed by atoms with E-state index in [0.29, 0.717) is 39.1 Å². The molecule has 0 bridgehead atoms. The van der Waals surface area contributed by atoms with Gasteiger partial charge in [0, 0.05) is 25.9 Å². The van der Waals surface area contributed by atoms with E-state index < -0.39 is 0 Å². The topological polar surface area (TPSA) is 81.4 Å². The van der Waals surface area contributed by atoms with Crippen LogP contribution in [0.15, 0.2) is 0 Å². The van der Waals surface area contributed by atoms with Crippen molar-refractivity contribution in [2.24, 2.45) is 5.73 Å². The van der Waals surface area contributed by atoms with Gasteiger partial charge in [-0.1, -0.05) is 0 Å². The van der Waals surface area contributed by atoms with Crippen LogP contribution in [-0.4, -0.2) is 38.0 Å². The van der Waals surface area contributed by atoms with Gasteiger partial charge in [-0.25, -0.2) is 0 Å². The number of hydrogen-bond donors (Lipinski definition) is 2. The molecule has 0 aliphatic carbocycles. The lowest BCUT2D eigenvalue weighted by molar-refractivity contribution is -0.121. The Hall–Kier alpha value is -0.940. The van der Waals surface area contributed by atoms with Crippen LogP contribution < -0.4 is 11.1 Å². The Morgan fingerprint density at radius 3 is 2.57 bits per heavy atom. The highest BCUT2D eigenvalue weighted by molar-refractivity contribution is 5.76. The summed E-state index contributed by atoms with van der Waals surface area (Å²) in [6.07, 6.45) is 0.768. The Bertz CT molecular complexity index is 183. The summed E-state index contributed by atoms with van der Waals surface area (Å²) in [5, 5.41) is 2.64. The van der Waals surface area contributed by atoms with Crippen LogP contribution >= 0.6 is 0 Å². The van der Waals surface area contributed by atoms with Gasteiger partial charge in [-0.15, -0.1) is 0 Å². The van der Waals surface area contributed by atoms with Gasteiger partial charge in [-0.2, -0.15) is 0 Å². The third kappa shape index (κ3) is 9.15. The van der Waals surface area contributed by atoms with Crippen molar-refractivity contribution in [1.82, 2.24) is 5.32 Å². The molecule has 0 heterocycles. The van der Waals surface area contributed by atoms with Crippen molar-refractivity contribution in [3.8, 4) is 0 Å². The predicted molar refractivity (Wildman–Crippen MR) is 52.8 cm³/mol. The van der Waals surface area contributed by atoms with Crippen LogP contribution in [-0.2, 0) is 14.3 Å². The Kier molecular flexibility index (Phi) is 8.07. The second-order valence-electron chi connectivity index (χ2n) is 2.95. The minimum atomic E-state index is -0.0670. The van der Waals surface area contributed by atoms with E-state index in [1.165, 1.54) is 6.92 Å². The standard InChI is InChI=1S/C9H18N2O3/c1-8(12)3-6-14-7-5-11-9(13)2-4-10/h2-7,10H2,1H3,(H,11,13). The number of Topliss-reactive ketones (excluding diaryl/α,β-unsaturated/α-hetero) is 1. The van der Waals surface area contributed by atoms with Crippen molar-refractivity contribution < 1.29 is 14.3 Å². The molecular weight excluding hydrogens is 184 g/mol. The molecule has 0 unspecified atom stereocenters. The van der Waals surface area contributed by atoms with E-state index >= 15 is 0 Å². The molecule has 0 aliphatic heterocycles. The summed E-state index contributed by atoms with van der Waals surface area (Å²) in [7, 11) is 0. The smallest absolute Gasteiger partial charge is 0.221 e. The first-order valence-electron chi connectivity index (χ1n) is 4.70. The second-order valence-corrected chi connectivity index (χ2v) is 2.95. The molecule has 5 nitrogen and oxygen atoms in total. The second kappa shape index (κ2) is 8.65. The van der Waals surface area contributed by atoms with E-state index in [-0.39, 0.29) is 11.7 Å². The molecule has 14 heavy (non-hydrogen) atoms. The van der Waals surface area contributed by atoms with Gasteiger partial charge in [0.05, 0.1) is 13.2 Å². The number of carbonyl (C=O) groups excluding carboxylic acids is 2. The van der Waals surface area contributed by atoms with Crippen LogP contribution in [0.3, 0.4) is 0 Å². The fourth-order valence-electron chi connectivity index (χ4n) is 0.800. The zero-order valence-corrected chi connectivity index (χ0v) is 8.54. The molecule has 0 aromatic carbocycles. The van der Waals surface area contributed by atoms with Crippen LogP contribution in [0.1, 0.15) is 19.8 Å². The molecule has 0 saturated heterocycles. The van der Waals surface area contributed by atoms with Gasteiger partial charge in [0.15, 0.2) is 0 Å². The maximum Gasteiger partial charge on any atom is 0.221 e. The molecule has 0 rings (SSSR count). The summed E-state index contributed by atoms with van der Waals surface area (Å²) in [6, 6.07) is 0. The van der Waals surface area contributed by atoms with E-state index in [9.17, 15) is 9.59 Å². The van der Waals surface area contributed by atoms with Gasteiger partial charge in [0.1, 0.15) is 5.78 Å².